The van der Waals surface area contributed by atoms with Gasteiger partial charge in [-0.3, -0.25) is 4.98 Å². The Morgan fingerprint density at radius 2 is 1.67 bits per heavy atom. The van der Waals surface area contributed by atoms with E-state index in [-0.39, 0.29) is 0 Å². The van der Waals surface area contributed by atoms with Gasteiger partial charge in [0.2, 0.25) is 0 Å². The van der Waals surface area contributed by atoms with Crippen molar-refractivity contribution in [1.29, 1.82) is 0 Å². The minimum Gasteiger partial charge on any atom is -0.465 e. The summed E-state index contributed by atoms with van der Waals surface area (Å²) >= 11 is 0. The second-order valence-electron chi connectivity index (χ2n) is 3.54. The first-order valence-electron chi connectivity index (χ1n) is 5.11. The zero-order chi connectivity index (χ0) is 13.1. The zero-order valence-electron chi connectivity index (χ0n) is 9.48. The van der Waals surface area contributed by atoms with Crippen LogP contribution in [0.4, 0.5) is 8.78 Å². The lowest BCUT2D eigenvalue weighted by atomic mass is 10.0. The highest BCUT2D eigenvalue weighted by molar-refractivity contribution is 5.90. The fourth-order valence-corrected chi connectivity index (χ4v) is 1.58. The fraction of sp³-hybridized carbons (Fsp3) is 0.0769. The Morgan fingerprint density at radius 1 is 1.11 bits per heavy atom. The van der Waals surface area contributed by atoms with Crippen LogP contribution < -0.4 is 0 Å². The lowest BCUT2D eigenvalue weighted by molar-refractivity contribution is 0.0590. The summed E-state index contributed by atoms with van der Waals surface area (Å²) in [5.74, 6) is -2.94. The molecule has 0 aliphatic carbocycles. The van der Waals surface area contributed by atoms with Crippen LogP contribution in [0.3, 0.4) is 0 Å². The first-order valence-corrected chi connectivity index (χ1v) is 5.11. The molecule has 0 N–H and O–H groups in total. The number of rotatable bonds is 2. The predicted molar refractivity (Wildman–Crippen MR) is 60.9 cm³/mol. The van der Waals surface area contributed by atoms with Gasteiger partial charge in [0.15, 0.2) is 0 Å². The smallest absolute Gasteiger partial charge is 0.343 e. The quantitative estimate of drug-likeness (QED) is 0.768. The van der Waals surface area contributed by atoms with E-state index in [4.69, 9.17) is 0 Å². The van der Waals surface area contributed by atoms with Gasteiger partial charge in [-0.1, -0.05) is 0 Å². The molecule has 0 unspecified atom stereocenters. The lowest BCUT2D eigenvalue weighted by Gasteiger charge is -2.06. The third-order valence-corrected chi connectivity index (χ3v) is 2.45. The molecule has 0 saturated carbocycles. The van der Waals surface area contributed by atoms with Gasteiger partial charge in [0, 0.05) is 12.4 Å². The van der Waals surface area contributed by atoms with E-state index < -0.39 is 23.2 Å². The molecule has 0 bridgehead atoms. The van der Waals surface area contributed by atoms with Crippen molar-refractivity contribution in [3.8, 4) is 11.1 Å². The molecule has 18 heavy (non-hydrogen) atoms. The molecule has 0 fully saturated rings. The minimum absolute atomic E-state index is 0.333. The molecule has 0 saturated heterocycles. The van der Waals surface area contributed by atoms with Crippen LogP contribution >= 0.6 is 0 Å². The molecule has 0 radical (unpaired) electrons. The summed E-state index contributed by atoms with van der Waals surface area (Å²) in [5, 5.41) is 0. The number of nitrogens with zero attached hydrogens (tertiary/aromatic N) is 1. The number of benzene rings is 1. The molecule has 5 heteroatoms. The highest BCUT2D eigenvalue weighted by atomic mass is 19.1. The van der Waals surface area contributed by atoms with Crippen molar-refractivity contribution in [2.75, 3.05) is 7.11 Å². The van der Waals surface area contributed by atoms with Crippen LogP contribution in [-0.4, -0.2) is 18.1 Å². The largest absolute Gasteiger partial charge is 0.465 e. The molecule has 1 aromatic carbocycles. The summed E-state index contributed by atoms with van der Waals surface area (Å²) in [5.41, 5.74) is 0.259. The average Bonchev–Trinajstić information content (AvgIpc) is 2.38. The standard InChI is InChI=1S/C13H9F2NO2/c1-18-13(17)12-10(14)6-9(7-11(12)15)8-2-4-16-5-3-8/h2-7H,1H3. The van der Waals surface area contributed by atoms with E-state index in [0.29, 0.717) is 11.1 Å². The topological polar surface area (TPSA) is 39.2 Å². The molecule has 92 valence electrons. The molecular weight excluding hydrogens is 240 g/mol. The molecular formula is C13H9F2NO2. The van der Waals surface area contributed by atoms with Crippen molar-refractivity contribution in [1.82, 2.24) is 4.98 Å². The van der Waals surface area contributed by atoms with Crippen LogP contribution in [0.25, 0.3) is 11.1 Å². The molecule has 3 nitrogen and oxygen atoms in total. The minimum atomic E-state index is -1.04. The zero-order valence-corrected chi connectivity index (χ0v) is 9.48. The Kier molecular flexibility index (Phi) is 3.32. The van der Waals surface area contributed by atoms with E-state index in [2.05, 4.69) is 9.72 Å². The number of hydrogen-bond donors (Lipinski definition) is 0. The van der Waals surface area contributed by atoms with Crippen molar-refractivity contribution < 1.29 is 18.3 Å². The average molecular weight is 249 g/mol. The number of hydrogen-bond acceptors (Lipinski definition) is 3. The molecule has 2 rings (SSSR count). The van der Waals surface area contributed by atoms with Crippen molar-refractivity contribution in [2.45, 2.75) is 0 Å². The number of carbonyl (C=O) groups is 1. The number of esters is 1. The maximum atomic E-state index is 13.7. The third kappa shape index (κ3) is 2.20. The Bertz CT molecular complexity index is 562. The number of pyridine rings is 1. The highest BCUT2D eigenvalue weighted by Crippen LogP contribution is 2.24. The first-order chi connectivity index (χ1) is 8.63. The number of halogens is 2. The van der Waals surface area contributed by atoms with E-state index in [1.165, 1.54) is 12.4 Å². The van der Waals surface area contributed by atoms with Crippen LogP contribution in [0, 0.1) is 11.6 Å². The molecule has 0 atom stereocenters. The molecule has 2 aromatic rings. The fourth-order valence-electron chi connectivity index (χ4n) is 1.58. The van der Waals surface area contributed by atoms with Gasteiger partial charge in [0.25, 0.3) is 0 Å². The van der Waals surface area contributed by atoms with E-state index in [9.17, 15) is 13.6 Å². The SMILES string of the molecule is COC(=O)c1c(F)cc(-c2ccncc2)cc1F. The van der Waals surface area contributed by atoms with Crippen LogP contribution in [0.15, 0.2) is 36.7 Å². The number of aromatic nitrogens is 1. The maximum Gasteiger partial charge on any atom is 0.343 e. The second-order valence-corrected chi connectivity index (χ2v) is 3.54. The first kappa shape index (κ1) is 12.2. The normalized spacial score (nSPS) is 10.2. The van der Waals surface area contributed by atoms with Gasteiger partial charge in [0.1, 0.15) is 17.2 Å². The van der Waals surface area contributed by atoms with E-state index in [0.717, 1.165) is 19.2 Å². The third-order valence-electron chi connectivity index (χ3n) is 2.45. The monoisotopic (exact) mass is 249 g/mol. The number of carbonyl (C=O) groups excluding carboxylic acids is 1. The molecule has 0 aliphatic heterocycles. The summed E-state index contributed by atoms with van der Waals surface area (Å²) in [4.78, 5) is 15.0. The second kappa shape index (κ2) is 4.91. The predicted octanol–water partition coefficient (Wildman–Crippen LogP) is 2.81. The van der Waals surface area contributed by atoms with Crippen molar-refractivity contribution in [3.05, 3.63) is 53.9 Å². The molecule has 0 amide bonds. The Morgan fingerprint density at radius 3 is 2.17 bits per heavy atom. The van der Waals surface area contributed by atoms with Gasteiger partial charge in [-0.25, -0.2) is 13.6 Å². The van der Waals surface area contributed by atoms with Gasteiger partial charge >= 0.3 is 5.97 Å². The van der Waals surface area contributed by atoms with E-state index in [1.807, 2.05) is 0 Å². The van der Waals surface area contributed by atoms with Gasteiger partial charge in [-0.2, -0.15) is 0 Å². The van der Waals surface area contributed by atoms with Gasteiger partial charge in [0.05, 0.1) is 7.11 Å². The Labute approximate surface area is 102 Å². The summed E-state index contributed by atoms with van der Waals surface area (Å²) in [6.07, 6.45) is 3.03. The van der Waals surface area contributed by atoms with Crippen molar-refractivity contribution >= 4 is 5.97 Å². The van der Waals surface area contributed by atoms with Crippen molar-refractivity contribution in [3.63, 3.8) is 0 Å². The van der Waals surface area contributed by atoms with Crippen molar-refractivity contribution in [2.24, 2.45) is 0 Å². The Balaban J connectivity index is 2.53. The van der Waals surface area contributed by atoms with Gasteiger partial charge < -0.3 is 4.74 Å². The van der Waals surface area contributed by atoms with Gasteiger partial charge in [-0.15, -0.1) is 0 Å². The Hall–Kier alpha value is -2.30. The van der Waals surface area contributed by atoms with Crippen LogP contribution in [0.1, 0.15) is 10.4 Å². The summed E-state index contributed by atoms with van der Waals surface area (Å²) < 4.78 is 31.7. The lowest BCUT2D eigenvalue weighted by Crippen LogP contribution is -2.08. The number of methoxy groups -OCH3 is 1. The van der Waals surface area contributed by atoms with E-state index in [1.54, 1.807) is 12.1 Å². The molecule has 1 heterocycles. The summed E-state index contributed by atoms with van der Waals surface area (Å²) in [7, 11) is 1.07. The molecule has 1 aromatic heterocycles. The van der Waals surface area contributed by atoms with Crippen LogP contribution in [-0.2, 0) is 4.74 Å². The van der Waals surface area contributed by atoms with Crippen LogP contribution in [0.5, 0.6) is 0 Å². The van der Waals surface area contributed by atoms with Gasteiger partial charge in [-0.05, 0) is 35.4 Å². The molecule has 0 aliphatic rings. The summed E-state index contributed by atoms with van der Waals surface area (Å²) in [6, 6.07) is 5.41. The van der Waals surface area contributed by atoms with Crippen LogP contribution in [0.2, 0.25) is 0 Å². The highest BCUT2D eigenvalue weighted by Gasteiger charge is 2.19. The summed E-state index contributed by atoms with van der Waals surface area (Å²) in [6.45, 7) is 0. The van der Waals surface area contributed by atoms with E-state index >= 15 is 0 Å². The maximum absolute atomic E-state index is 13.7. The molecule has 0 spiro atoms. The number of ether oxygens (including phenoxy) is 1.